The number of rotatable bonds is 7. The van der Waals surface area contributed by atoms with E-state index < -0.39 is 0 Å². The fourth-order valence-corrected chi connectivity index (χ4v) is 4.05. The SMILES string of the molecule is CC(C)C(=O)N1CCCC(N(CCCN2CCCC2)C(=O)C(C)C)C1. The van der Waals surface area contributed by atoms with Crippen molar-refractivity contribution < 1.29 is 9.59 Å². The Morgan fingerprint density at radius 1 is 1.00 bits per heavy atom. The van der Waals surface area contributed by atoms with Gasteiger partial charge in [-0.15, -0.1) is 0 Å². The summed E-state index contributed by atoms with van der Waals surface area (Å²) < 4.78 is 0. The summed E-state index contributed by atoms with van der Waals surface area (Å²) in [4.78, 5) is 31.7. The van der Waals surface area contributed by atoms with Crippen LogP contribution in [0.2, 0.25) is 0 Å². The van der Waals surface area contributed by atoms with Crippen molar-refractivity contribution in [1.82, 2.24) is 14.7 Å². The highest BCUT2D eigenvalue weighted by Gasteiger charge is 2.32. The van der Waals surface area contributed by atoms with Crippen LogP contribution in [0.3, 0.4) is 0 Å². The van der Waals surface area contributed by atoms with Gasteiger partial charge in [0.1, 0.15) is 0 Å². The van der Waals surface area contributed by atoms with Gasteiger partial charge in [0, 0.05) is 37.5 Å². The van der Waals surface area contributed by atoms with Gasteiger partial charge in [0.25, 0.3) is 0 Å². The average Bonchev–Trinajstić information content (AvgIpc) is 3.10. The summed E-state index contributed by atoms with van der Waals surface area (Å²) in [6.07, 6.45) is 5.67. The van der Waals surface area contributed by atoms with Gasteiger partial charge in [-0.1, -0.05) is 27.7 Å². The molecule has 2 fully saturated rings. The lowest BCUT2D eigenvalue weighted by molar-refractivity contribution is -0.143. The van der Waals surface area contributed by atoms with Crippen LogP contribution in [-0.2, 0) is 9.59 Å². The van der Waals surface area contributed by atoms with E-state index in [2.05, 4.69) is 9.80 Å². The number of hydrogen-bond donors (Lipinski definition) is 0. The Labute approximate surface area is 153 Å². The van der Waals surface area contributed by atoms with Crippen molar-refractivity contribution in [2.24, 2.45) is 11.8 Å². The maximum Gasteiger partial charge on any atom is 0.225 e. The Kier molecular flexibility index (Phi) is 7.73. The van der Waals surface area contributed by atoms with Gasteiger partial charge in [0.15, 0.2) is 0 Å². The van der Waals surface area contributed by atoms with Gasteiger partial charge in [-0.05, 0) is 51.7 Å². The molecule has 0 saturated carbocycles. The molecule has 5 nitrogen and oxygen atoms in total. The maximum absolute atomic E-state index is 12.8. The number of amides is 2. The summed E-state index contributed by atoms with van der Waals surface area (Å²) in [6.45, 7) is 13.7. The molecule has 1 atom stereocenters. The van der Waals surface area contributed by atoms with E-state index in [1.165, 1.54) is 25.9 Å². The molecule has 2 saturated heterocycles. The first kappa shape index (κ1) is 20.2. The van der Waals surface area contributed by atoms with E-state index in [1.807, 2.05) is 32.6 Å². The van der Waals surface area contributed by atoms with Gasteiger partial charge in [-0.2, -0.15) is 0 Å². The summed E-state index contributed by atoms with van der Waals surface area (Å²) in [7, 11) is 0. The van der Waals surface area contributed by atoms with Gasteiger partial charge < -0.3 is 14.7 Å². The molecule has 0 bridgehead atoms. The third-order valence-corrected chi connectivity index (χ3v) is 5.49. The second kappa shape index (κ2) is 9.56. The third kappa shape index (κ3) is 5.70. The Hall–Kier alpha value is -1.10. The number of hydrogen-bond acceptors (Lipinski definition) is 3. The highest BCUT2D eigenvalue weighted by atomic mass is 16.2. The molecule has 0 aromatic carbocycles. The fourth-order valence-electron chi connectivity index (χ4n) is 4.05. The maximum atomic E-state index is 12.8. The molecule has 2 aliphatic rings. The minimum Gasteiger partial charge on any atom is -0.340 e. The first-order chi connectivity index (χ1) is 11.9. The molecule has 0 spiro atoms. The molecule has 2 amide bonds. The van der Waals surface area contributed by atoms with Gasteiger partial charge in [0.05, 0.1) is 0 Å². The van der Waals surface area contributed by atoms with E-state index >= 15 is 0 Å². The van der Waals surface area contributed by atoms with Crippen molar-refractivity contribution in [3.63, 3.8) is 0 Å². The normalized spacial score (nSPS) is 22.0. The van der Waals surface area contributed by atoms with E-state index in [0.717, 1.165) is 38.9 Å². The molecule has 0 aromatic heterocycles. The van der Waals surface area contributed by atoms with E-state index in [0.29, 0.717) is 6.54 Å². The Bertz CT molecular complexity index is 444. The molecule has 0 N–H and O–H groups in total. The average molecular weight is 352 g/mol. The van der Waals surface area contributed by atoms with Crippen LogP contribution in [0.5, 0.6) is 0 Å². The molecular formula is C20H37N3O2. The van der Waals surface area contributed by atoms with Crippen LogP contribution in [0, 0.1) is 11.8 Å². The summed E-state index contributed by atoms with van der Waals surface area (Å²) >= 11 is 0. The van der Waals surface area contributed by atoms with Gasteiger partial charge in [0.2, 0.25) is 11.8 Å². The predicted octanol–water partition coefficient (Wildman–Crippen LogP) is 2.60. The van der Waals surface area contributed by atoms with Crippen LogP contribution in [0.1, 0.15) is 59.8 Å². The van der Waals surface area contributed by atoms with Crippen LogP contribution in [0.15, 0.2) is 0 Å². The summed E-state index contributed by atoms with van der Waals surface area (Å²) in [5.74, 6) is 0.509. The Balaban J connectivity index is 1.95. The number of piperidine rings is 1. The van der Waals surface area contributed by atoms with E-state index in [1.54, 1.807) is 0 Å². The van der Waals surface area contributed by atoms with Crippen molar-refractivity contribution in [3.8, 4) is 0 Å². The van der Waals surface area contributed by atoms with Gasteiger partial charge in [-0.25, -0.2) is 0 Å². The molecule has 1 unspecified atom stereocenters. The van der Waals surface area contributed by atoms with Crippen LogP contribution in [0.4, 0.5) is 0 Å². The fraction of sp³-hybridized carbons (Fsp3) is 0.900. The number of carbonyl (C=O) groups excluding carboxylic acids is 2. The Morgan fingerprint density at radius 2 is 1.68 bits per heavy atom. The smallest absolute Gasteiger partial charge is 0.225 e. The standard InChI is InChI=1S/C20H37N3O2/c1-16(2)19(24)22-13-7-9-18(15-22)23(20(25)17(3)4)14-8-12-21-10-5-6-11-21/h16-18H,5-15H2,1-4H3. The molecule has 2 aliphatic heterocycles. The van der Waals surface area contributed by atoms with Crippen molar-refractivity contribution in [3.05, 3.63) is 0 Å². The molecule has 5 heteroatoms. The van der Waals surface area contributed by atoms with Gasteiger partial charge in [-0.3, -0.25) is 9.59 Å². The van der Waals surface area contributed by atoms with Crippen LogP contribution in [0.25, 0.3) is 0 Å². The molecule has 144 valence electrons. The molecular weight excluding hydrogens is 314 g/mol. The van der Waals surface area contributed by atoms with E-state index in [-0.39, 0.29) is 29.7 Å². The van der Waals surface area contributed by atoms with Crippen LogP contribution in [-0.4, -0.2) is 71.8 Å². The summed E-state index contributed by atoms with van der Waals surface area (Å²) in [5, 5.41) is 0. The molecule has 25 heavy (non-hydrogen) atoms. The predicted molar refractivity (Wildman–Crippen MR) is 101 cm³/mol. The zero-order valence-electron chi connectivity index (χ0n) is 16.7. The Morgan fingerprint density at radius 3 is 2.28 bits per heavy atom. The van der Waals surface area contributed by atoms with Gasteiger partial charge >= 0.3 is 0 Å². The number of likely N-dealkylation sites (tertiary alicyclic amines) is 2. The minimum atomic E-state index is 0.0166. The monoisotopic (exact) mass is 351 g/mol. The quantitative estimate of drug-likeness (QED) is 0.708. The molecule has 2 rings (SSSR count). The zero-order chi connectivity index (χ0) is 18.4. The lowest BCUT2D eigenvalue weighted by Gasteiger charge is -2.41. The van der Waals surface area contributed by atoms with Crippen LogP contribution >= 0.6 is 0 Å². The number of carbonyl (C=O) groups is 2. The number of nitrogens with zero attached hydrogens (tertiary/aromatic N) is 3. The van der Waals surface area contributed by atoms with E-state index in [4.69, 9.17) is 0 Å². The molecule has 0 aliphatic carbocycles. The van der Waals surface area contributed by atoms with Crippen molar-refractivity contribution >= 4 is 11.8 Å². The van der Waals surface area contributed by atoms with Crippen molar-refractivity contribution in [1.29, 1.82) is 0 Å². The highest BCUT2D eigenvalue weighted by Crippen LogP contribution is 2.20. The van der Waals surface area contributed by atoms with Crippen LogP contribution < -0.4 is 0 Å². The lowest BCUT2D eigenvalue weighted by Crippen LogP contribution is -2.53. The second-order valence-corrected chi connectivity index (χ2v) is 8.32. The van der Waals surface area contributed by atoms with Crippen molar-refractivity contribution in [2.45, 2.75) is 65.8 Å². The van der Waals surface area contributed by atoms with Crippen molar-refractivity contribution in [2.75, 3.05) is 39.3 Å². The molecule has 2 heterocycles. The zero-order valence-corrected chi connectivity index (χ0v) is 16.7. The summed E-state index contributed by atoms with van der Waals surface area (Å²) in [5.41, 5.74) is 0. The summed E-state index contributed by atoms with van der Waals surface area (Å²) in [6, 6.07) is 0.185. The first-order valence-electron chi connectivity index (χ1n) is 10.2. The minimum absolute atomic E-state index is 0.0166. The largest absolute Gasteiger partial charge is 0.340 e. The second-order valence-electron chi connectivity index (χ2n) is 8.32. The third-order valence-electron chi connectivity index (χ3n) is 5.49. The van der Waals surface area contributed by atoms with E-state index in [9.17, 15) is 9.59 Å². The molecule has 0 aromatic rings. The topological polar surface area (TPSA) is 43.9 Å². The lowest BCUT2D eigenvalue weighted by atomic mass is 10.00. The first-order valence-corrected chi connectivity index (χ1v) is 10.2. The highest BCUT2D eigenvalue weighted by molar-refractivity contribution is 5.79. The molecule has 0 radical (unpaired) electrons.